The molecule has 14 heteroatoms. The molecule has 0 spiro atoms. The number of esters is 4. The monoisotopic (exact) mass is 596 g/mol. The lowest BCUT2D eigenvalue weighted by molar-refractivity contribution is -0.143. The van der Waals surface area contributed by atoms with Gasteiger partial charge in [0.05, 0.1) is 6.54 Å². The number of ether oxygens (including phenoxy) is 4. The smallest absolute Gasteiger partial charge is 0.322 e. The third-order valence-corrected chi connectivity index (χ3v) is 5.02. The first-order chi connectivity index (χ1) is 20.2. The Morgan fingerprint density at radius 3 is 1.35 bits per heavy atom. The van der Waals surface area contributed by atoms with Crippen molar-refractivity contribution in [3.05, 3.63) is 59.7 Å². The molecule has 43 heavy (non-hydrogen) atoms. The largest absolute Gasteiger partial charge is 0.480 e. The van der Waals surface area contributed by atoms with Gasteiger partial charge in [-0.3, -0.25) is 38.5 Å². The van der Waals surface area contributed by atoms with Gasteiger partial charge >= 0.3 is 29.8 Å². The van der Waals surface area contributed by atoms with Gasteiger partial charge in [0.25, 0.3) is 11.8 Å². The van der Waals surface area contributed by atoms with Gasteiger partial charge in [-0.15, -0.1) is 0 Å². The standard InChI is InChI=1S/C29H28N2O12/c1-16(32)40-23-9-5-20(13-25(23)42-18(3)34)7-11-27(36)31(15-22(30)29(38)39)28(37)12-8-21-6-10-24(41-17(2)33)26(14-21)43-19(4)35/h5-14,22H,15,30H2,1-4H3,(H,38,39). The molecule has 0 aliphatic rings. The Hall–Kier alpha value is -5.63. The van der Waals surface area contributed by atoms with E-state index in [1.165, 1.54) is 48.6 Å². The Balaban J connectivity index is 2.36. The number of hydrogen-bond acceptors (Lipinski definition) is 12. The van der Waals surface area contributed by atoms with Crippen LogP contribution >= 0.6 is 0 Å². The van der Waals surface area contributed by atoms with Crippen LogP contribution < -0.4 is 24.7 Å². The van der Waals surface area contributed by atoms with Gasteiger partial charge in [-0.05, 0) is 47.5 Å². The van der Waals surface area contributed by atoms with Gasteiger partial charge in [-0.2, -0.15) is 0 Å². The summed E-state index contributed by atoms with van der Waals surface area (Å²) in [5.74, 6) is -6.34. The molecule has 226 valence electrons. The summed E-state index contributed by atoms with van der Waals surface area (Å²) in [5, 5.41) is 9.23. The Morgan fingerprint density at radius 1 is 0.674 bits per heavy atom. The third kappa shape index (κ3) is 11.0. The maximum Gasteiger partial charge on any atom is 0.322 e. The lowest BCUT2D eigenvalue weighted by Crippen LogP contribution is -2.46. The Morgan fingerprint density at radius 2 is 1.02 bits per heavy atom. The quantitative estimate of drug-likeness (QED) is 0.216. The molecule has 0 saturated heterocycles. The summed E-state index contributed by atoms with van der Waals surface area (Å²) in [7, 11) is 0. The van der Waals surface area contributed by atoms with Crippen molar-refractivity contribution in [1.82, 2.24) is 4.90 Å². The van der Waals surface area contributed by atoms with Crippen LogP contribution in [0.3, 0.4) is 0 Å². The highest BCUT2D eigenvalue weighted by molar-refractivity contribution is 6.08. The predicted octanol–water partition coefficient (Wildman–Crippen LogP) is 1.88. The third-order valence-electron chi connectivity index (χ3n) is 5.02. The van der Waals surface area contributed by atoms with Crippen LogP contribution in [0.5, 0.6) is 23.0 Å². The molecule has 1 atom stereocenters. The van der Waals surface area contributed by atoms with E-state index >= 15 is 0 Å². The molecule has 1 unspecified atom stereocenters. The average Bonchev–Trinajstić information content (AvgIpc) is 2.90. The van der Waals surface area contributed by atoms with Crippen molar-refractivity contribution in [2.75, 3.05) is 6.54 Å². The number of benzene rings is 2. The maximum atomic E-state index is 13.0. The van der Waals surface area contributed by atoms with Crippen molar-refractivity contribution in [3.8, 4) is 23.0 Å². The first-order valence-corrected chi connectivity index (χ1v) is 12.4. The van der Waals surface area contributed by atoms with Gasteiger partial charge in [0, 0.05) is 39.8 Å². The van der Waals surface area contributed by atoms with Crippen molar-refractivity contribution in [2.24, 2.45) is 5.73 Å². The van der Waals surface area contributed by atoms with E-state index in [-0.39, 0.29) is 23.0 Å². The fourth-order valence-electron chi connectivity index (χ4n) is 3.28. The lowest BCUT2D eigenvalue weighted by atomic mass is 10.1. The molecule has 0 heterocycles. The molecule has 0 aromatic heterocycles. The minimum Gasteiger partial charge on any atom is -0.480 e. The number of carboxylic acids is 1. The molecule has 2 amide bonds. The molecule has 2 aromatic carbocycles. The van der Waals surface area contributed by atoms with E-state index in [0.717, 1.165) is 39.8 Å². The number of aliphatic carboxylic acids is 1. The summed E-state index contributed by atoms with van der Waals surface area (Å²) in [6.45, 7) is 3.90. The molecule has 0 bridgehead atoms. The van der Waals surface area contributed by atoms with Gasteiger partial charge in [0.2, 0.25) is 0 Å². The van der Waals surface area contributed by atoms with Crippen molar-refractivity contribution in [1.29, 1.82) is 0 Å². The number of nitrogens with two attached hydrogens (primary N) is 1. The predicted molar refractivity (Wildman–Crippen MR) is 149 cm³/mol. The number of carbonyl (C=O) groups excluding carboxylic acids is 6. The normalized spacial score (nSPS) is 11.5. The first kappa shape index (κ1) is 33.6. The second kappa shape index (κ2) is 15.4. The number of carboxylic acid groups (broad SMARTS) is 1. The number of imide groups is 1. The second-order valence-corrected chi connectivity index (χ2v) is 8.69. The van der Waals surface area contributed by atoms with Gasteiger partial charge in [0.1, 0.15) is 6.04 Å². The molecule has 0 fully saturated rings. The number of carbonyl (C=O) groups is 7. The van der Waals surface area contributed by atoms with Gasteiger partial charge in [-0.1, -0.05) is 12.1 Å². The molecular formula is C29H28N2O12. The van der Waals surface area contributed by atoms with Gasteiger partial charge in [-0.25, -0.2) is 0 Å². The second-order valence-electron chi connectivity index (χ2n) is 8.69. The Kier molecular flexibility index (Phi) is 12.0. The van der Waals surface area contributed by atoms with Crippen LogP contribution in [-0.4, -0.2) is 64.3 Å². The first-order valence-electron chi connectivity index (χ1n) is 12.4. The summed E-state index contributed by atoms with van der Waals surface area (Å²) in [4.78, 5) is 83.5. The van der Waals surface area contributed by atoms with E-state index in [1.807, 2.05) is 0 Å². The molecule has 2 aromatic rings. The molecule has 0 saturated carbocycles. The zero-order chi connectivity index (χ0) is 32.3. The highest BCUT2D eigenvalue weighted by Gasteiger charge is 2.24. The van der Waals surface area contributed by atoms with Gasteiger partial charge < -0.3 is 29.8 Å². The molecule has 0 aliphatic carbocycles. The zero-order valence-corrected chi connectivity index (χ0v) is 23.5. The molecular weight excluding hydrogens is 568 g/mol. The number of rotatable bonds is 11. The highest BCUT2D eigenvalue weighted by atomic mass is 16.6. The average molecular weight is 597 g/mol. The lowest BCUT2D eigenvalue weighted by Gasteiger charge is -2.20. The van der Waals surface area contributed by atoms with Crippen LogP contribution in [0.1, 0.15) is 38.8 Å². The van der Waals surface area contributed by atoms with E-state index in [0.29, 0.717) is 16.0 Å². The molecule has 0 aliphatic heterocycles. The SMILES string of the molecule is CC(=O)Oc1ccc(C=CC(=O)N(CC(N)C(=O)O)C(=O)C=Cc2ccc(OC(C)=O)c(OC(C)=O)c2)cc1OC(C)=O. The summed E-state index contributed by atoms with van der Waals surface area (Å²) >= 11 is 0. The van der Waals surface area contributed by atoms with Crippen LogP contribution in [0.4, 0.5) is 0 Å². The fourth-order valence-corrected chi connectivity index (χ4v) is 3.28. The van der Waals surface area contributed by atoms with Crippen LogP contribution in [-0.2, 0) is 33.6 Å². The minimum absolute atomic E-state index is 0.0432. The number of amides is 2. The van der Waals surface area contributed by atoms with Crippen LogP contribution in [0.25, 0.3) is 12.2 Å². The van der Waals surface area contributed by atoms with Gasteiger partial charge in [0.15, 0.2) is 23.0 Å². The van der Waals surface area contributed by atoms with Crippen LogP contribution in [0, 0.1) is 0 Å². The van der Waals surface area contributed by atoms with E-state index in [9.17, 15) is 38.7 Å². The maximum absolute atomic E-state index is 13.0. The van der Waals surface area contributed by atoms with E-state index in [1.54, 1.807) is 0 Å². The van der Waals surface area contributed by atoms with Crippen molar-refractivity contribution >= 4 is 53.8 Å². The summed E-state index contributed by atoms with van der Waals surface area (Å²) in [6.07, 6.45) is 4.43. The topological polar surface area (TPSA) is 206 Å². The zero-order valence-electron chi connectivity index (χ0n) is 23.5. The van der Waals surface area contributed by atoms with E-state index < -0.39 is 54.2 Å². The number of nitrogens with zero attached hydrogens (tertiary/aromatic N) is 1. The summed E-state index contributed by atoms with van der Waals surface area (Å²) in [5.41, 5.74) is 6.18. The summed E-state index contributed by atoms with van der Waals surface area (Å²) < 4.78 is 20.1. The van der Waals surface area contributed by atoms with Crippen molar-refractivity contribution in [2.45, 2.75) is 33.7 Å². The van der Waals surface area contributed by atoms with Crippen LogP contribution in [0.15, 0.2) is 48.6 Å². The highest BCUT2D eigenvalue weighted by Crippen LogP contribution is 2.30. The van der Waals surface area contributed by atoms with Crippen molar-refractivity contribution < 1.29 is 57.6 Å². The molecule has 0 radical (unpaired) electrons. The molecule has 14 nitrogen and oxygen atoms in total. The Labute approximate surface area is 245 Å². The van der Waals surface area contributed by atoms with E-state index in [4.69, 9.17) is 24.7 Å². The number of hydrogen-bond donors (Lipinski definition) is 2. The fraction of sp³-hybridized carbons (Fsp3) is 0.207. The minimum atomic E-state index is -1.60. The molecule has 2 rings (SSSR count). The van der Waals surface area contributed by atoms with Crippen molar-refractivity contribution in [3.63, 3.8) is 0 Å². The van der Waals surface area contributed by atoms with Crippen LogP contribution in [0.2, 0.25) is 0 Å². The summed E-state index contributed by atoms with van der Waals surface area (Å²) in [6, 6.07) is 6.53. The van der Waals surface area contributed by atoms with E-state index in [2.05, 4.69) is 0 Å². The Bertz CT molecular complexity index is 1410. The molecule has 3 N–H and O–H groups in total.